The van der Waals surface area contributed by atoms with Gasteiger partial charge in [-0.05, 0) is 66.8 Å². The van der Waals surface area contributed by atoms with Crippen LogP contribution in [0.1, 0.15) is 61.1 Å². The van der Waals surface area contributed by atoms with Crippen molar-refractivity contribution in [1.29, 1.82) is 0 Å². The molecule has 0 bridgehead atoms. The van der Waals surface area contributed by atoms with E-state index < -0.39 is 0 Å². The third-order valence-corrected chi connectivity index (χ3v) is 5.77. The fraction of sp³-hybridized carbons (Fsp3) is 0.333. The summed E-state index contributed by atoms with van der Waals surface area (Å²) in [6.45, 7) is 4.43. The highest BCUT2D eigenvalue weighted by atomic mass is 14.3. The quantitative estimate of drug-likeness (QED) is 0.577. The number of benzene rings is 2. The molecule has 2 aliphatic carbocycles. The normalized spacial score (nSPS) is 20.6. The zero-order valence-electron chi connectivity index (χ0n) is 14.8. The monoisotopic (exact) mass is 314 g/mol. The summed E-state index contributed by atoms with van der Waals surface area (Å²) in [5.74, 6) is 1.28. The van der Waals surface area contributed by atoms with Crippen LogP contribution < -0.4 is 0 Å². The SMILES string of the molecule is CC1=CCC(c2cccc(-c3ccccc3C)c2C2CCC2)C=C1. The van der Waals surface area contributed by atoms with Crippen molar-refractivity contribution in [2.24, 2.45) is 0 Å². The first-order chi connectivity index (χ1) is 11.7. The van der Waals surface area contributed by atoms with Crippen molar-refractivity contribution >= 4 is 0 Å². The third-order valence-electron chi connectivity index (χ3n) is 5.77. The van der Waals surface area contributed by atoms with Gasteiger partial charge in [0.2, 0.25) is 0 Å². The van der Waals surface area contributed by atoms with Gasteiger partial charge in [-0.25, -0.2) is 0 Å². The lowest BCUT2D eigenvalue weighted by Crippen LogP contribution is -2.15. The fourth-order valence-electron chi connectivity index (χ4n) is 4.13. The molecule has 0 aromatic heterocycles. The largest absolute Gasteiger partial charge is 0.0807 e. The minimum absolute atomic E-state index is 0.535. The molecule has 2 aliphatic rings. The van der Waals surface area contributed by atoms with Gasteiger partial charge in [-0.15, -0.1) is 0 Å². The second kappa shape index (κ2) is 6.43. The second-order valence-electron chi connectivity index (χ2n) is 7.40. The Bertz CT molecular complexity index is 803. The molecule has 0 radical (unpaired) electrons. The zero-order valence-corrected chi connectivity index (χ0v) is 14.8. The summed E-state index contributed by atoms with van der Waals surface area (Å²) in [5, 5.41) is 0. The van der Waals surface area contributed by atoms with E-state index in [0.717, 1.165) is 12.3 Å². The van der Waals surface area contributed by atoms with E-state index in [0.29, 0.717) is 5.92 Å². The fourth-order valence-corrected chi connectivity index (χ4v) is 4.13. The molecule has 0 aliphatic heterocycles. The Kier molecular flexibility index (Phi) is 4.14. The van der Waals surface area contributed by atoms with Gasteiger partial charge in [0.15, 0.2) is 0 Å². The number of allylic oxidation sites excluding steroid dienone is 4. The lowest BCUT2D eigenvalue weighted by Gasteiger charge is -2.33. The lowest BCUT2D eigenvalue weighted by atomic mass is 9.72. The van der Waals surface area contributed by atoms with Gasteiger partial charge >= 0.3 is 0 Å². The van der Waals surface area contributed by atoms with Crippen molar-refractivity contribution in [2.75, 3.05) is 0 Å². The average Bonchev–Trinajstić information content (AvgIpc) is 2.55. The van der Waals surface area contributed by atoms with Crippen molar-refractivity contribution in [3.05, 3.63) is 83.0 Å². The summed E-state index contributed by atoms with van der Waals surface area (Å²) in [5.41, 5.74) is 8.83. The topological polar surface area (TPSA) is 0 Å². The van der Waals surface area contributed by atoms with Gasteiger partial charge < -0.3 is 0 Å². The molecule has 1 saturated carbocycles. The molecule has 24 heavy (non-hydrogen) atoms. The molecule has 0 N–H and O–H groups in total. The Morgan fingerprint density at radius 1 is 0.875 bits per heavy atom. The molecule has 0 heteroatoms. The van der Waals surface area contributed by atoms with Crippen LogP contribution in [0.15, 0.2) is 66.3 Å². The van der Waals surface area contributed by atoms with Crippen molar-refractivity contribution < 1.29 is 0 Å². The smallest absolute Gasteiger partial charge is 0.00589 e. The van der Waals surface area contributed by atoms with Crippen LogP contribution in [-0.2, 0) is 0 Å². The van der Waals surface area contributed by atoms with Crippen LogP contribution in [0.25, 0.3) is 11.1 Å². The van der Waals surface area contributed by atoms with E-state index in [9.17, 15) is 0 Å². The van der Waals surface area contributed by atoms with Crippen LogP contribution in [-0.4, -0.2) is 0 Å². The summed E-state index contributed by atoms with van der Waals surface area (Å²) < 4.78 is 0. The van der Waals surface area contributed by atoms with Gasteiger partial charge in [0.25, 0.3) is 0 Å². The molecule has 0 nitrogen and oxygen atoms in total. The minimum atomic E-state index is 0.535. The molecule has 4 rings (SSSR count). The highest BCUT2D eigenvalue weighted by molar-refractivity contribution is 5.73. The summed E-state index contributed by atoms with van der Waals surface area (Å²) in [6.07, 6.45) is 12.3. The number of hydrogen-bond donors (Lipinski definition) is 0. The van der Waals surface area contributed by atoms with Gasteiger partial charge in [-0.2, -0.15) is 0 Å². The molecular weight excluding hydrogens is 288 g/mol. The molecule has 1 unspecified atom stereocenters. The highest BCUT2D eigenvalue weighted by Crippen LogP contribution is 2.46. The maximum absolute atomic E-state index is 2.41. The summed E-state index contributed by atoms with van der Waals surface area (Å²) >= 11 is 0. The zero-order chi connectivity index (χ0) is 16.5. The van der Waals surface area contributed by atoms with Gasteiger partial charge in [0, 0.05) is 5.92 Å². The Labute approximate surface area is 145 Å². The van der Waals surface area contributed by atoms with E-state index in [2.05, 4.69) is 74.5 Å². The highest BCUT2D eigenvalue weighted by Gasteiger charge is 2.27. The maximum atomic E-state index is 2.41. The molecule has 0 saturated heterocycles. The Morgan fingerprint density at radius 3 is 2.33 bits per heavy atom. The van der Waals surface area contributed by atoms with Crippen LogP contribution in [0.2, 0.25) is 0 Å². The Morgan fingerprint density at radius 2 is 1.67 bits per heavy atom. The number of rotatable bonds is 3. The molecular formula is C24H26. The Balaban J connectivity index is 1.85. The number of hydrogen-bond acceptors (Lipinski definition) is 0. The van der Waals surface area contributed by atoms with E-state index >= 15 is 0 Å². The Hall–Kier alpha value is -2.08. The summed E-state index contributed by atoms with van der Waals surface area (Å²) in [6, 6.07) is 15.8. The molecule has 122 valence electrons. The van der Waals surface area contributed by atoms with Crippen LogP contribution in [0, 0.1) is 6.92 Å². The molecule has 2 aromatic rings. The van der Waals surface area contributed by atoms with E-state index in [-0.39, 0.29) is 0 Å². The maximum Gasteiger partial charge on any atom is 0.00589 e. The van der Waals surface area contributed by atoms with E-state index in [4.69, 9.17) is 0 Å². The molecule has 0 spiro atoms. The van der Waals surface area contributed by atoms with E-state index in [1.807, 2.05) is 0 Å². The molecule has 0 amide bonds. The van der Waals surface area contributed by atoms with Gasteiger partial charge in [0.1, 0.15) is 0 Å². The summed E-state index contributed by atoms with van der Waals surface area (Å²) in [4.78, 5) is 0. The first-order valence-corrected chi connectivity index (χ1v) is 9.28. The second-order valence-corrected chi connectivity index (χ2v) is 7.40. The molecule has 1 fully saturated rings. The van der Waals surface area contributed by atoms with Crippen LogP contribution in [0.5, 0.6) is 0 Å². The van der Waals surface area contributed by atoms with Gasteiger partial charge in [-0.3, -0.25) is 0 Å². The standard InChI is InChI=1S/C24H26/c1-17-13-15-19(16-14-17)22-11-6-12-23(24(22)20-8-5-9-20)21-10-4-3-7-18(21)2/h3-4,6-7,10-15,19-20H,5,8-9,16H2,1-2H3. The molecule has 2 aromatic carbocycles. The van der Waals surface area contributed by atoms with Gasteiger partial charge in [0.05, 0.1) is 0 Å². The van der Waals surface area contributed by atoms with E-state index in [1.54, 1.807) is 11.1 Å². The predicted molar refractivity (Wildman–Crippen MR) is 103 cm³/mol. The number of aryl methyl sites for hydroxylation is 1. The first-order valence-electron chi connectivity index (χ1n) is 9.28. The van der Waals surface area contributed by atoms with Crippen molar-refractivity contribution in [1.82, 2.24) is 0 Å². The average molecular weight is 314 g/mol. The lowest BCUT2D eigenvalue weighted by molar-refractivity contribution is 0.417. The molecule has 0 heterocycles. The molecule has 1 atom stereocenters. The van der Waals surface area contributed by atoms with Crippen LogP contribution in [0.4, 0.5) is 0 Å². The van der Waals surface area contributed by atoms with Gasteiger partial charge in [-0.1, -0.05) is 72.7 Å². The van der Waals surface area contributed by atoms with Crippen LogP contribution in [0.3, 0.4) is 0 Å². The van der Waals surface area contributed by atoms with Crippen LogP contribution >= 0.6 is 0 Å². The van der Waals surface area contributed by atoms with Crippen molar-refractivity contribution in [3.63, 3.8) is 0 Å². The summed E-state index contributed by atoms with van der Waals surface area (Å²) in [7, 11) is 0. The van der Waals surface area contributed by atoms with Crippen molar-refractivity contribution in [3.8, 4) is 11.1 Å². The first kappa shape index (κ1) is 15.4. The third kappa shape index (κ3) is 2.75. The van der Waals surface area contributed by atoms with Crippen molar-refractivity contribution in [2.45, 2.75) is 51.4 Å². The minimum Gasteiger partial charge on any atom is -0.0807 e. The van der Waals surface area contributed by atoms with E-state index in [1.165, 1.54) is 41.5 Å². The predicted octanol–water partition coefficient (Wildman–Crippen LogP) is 6.92.